The molecule has 2 aliphatic heterocycles. The molecule has 2 saturated heterocycles. The molecule has 2 amide bonds. The van der Waals surface area contributed by atoms with Crippen LogP contribution in [0.2, 0.25) is 0 Å². The number of hydrogen-bond acceptors (Lipinski definition) is 7. The van der Waals surface area contributed by atoms with Crippen molar-refractivity contribution in [3.8, 4) is 0 Å². The number of rotatable bonds is 7. The summed E-state index contributed by atoms with van der Waals surface area (Å²) in [5.74, 6) is -0.521. The summed E-state index contributed by atoms with van der Waals surface area (Å²) < 4.78 is 5.52. The molecule has 3 aliphatic rings. The molecule has 1 aromatic heterocycles. The minimum Gasteiger partial charge on any atom is -0.368 e. The molecule has 1 aromatic rings. The van der Waals surface area contributed by atoms with Crippen molar-refractivity contribution < 1.29 is 19.1 Å². The average Bonchev–Trinajstić information content (AvgIpc) is 3.63. The largest absolute Gasteiger partial charge is 0.368 e. The molecule has 3 fully saturated rings. The highest BCUT2D eigenvalue weighted by atomic mass is 35.5. The first kappa shape index (κ1) is 26.2. The van der Waals surface area contributed by atoms with Crippen molar-refractivity contribution in [2.75, 3.05) is 19.5 Å². The van der Waals surface area contributed by atoms with Gasteiger partial charge in [0.05, 0.1) is 11.0 Å². The van der Waals surface area contributed by atoms with Gasteiger partial charge in [-0.25, -0.2) is 0 Å². The Morgan fingerprint density at radius 2 is 1.91 bits per heavy atom. The van der Waals surface area contributed by atoms with Crippen LogP contribution < -0.4 is 5.32 Å². The summed E-state index contributed by atoms with van der Waals surface area (Å²) in [6, 6.07) is 2.25. The summed E-state index contributed by atoms with van der Waals surface area (Å²) in [4.78, 5) is 41.7. The van der Waals surface area contributed by atoms with Crippen LogP contribution in [0.25, 0.3) is 5.57 Å². The van der Waals surface area contributed by atoms with Gasteiger partial charge >= 0.3 is 0 Å². The summed E-state index contributed by atoms with van der Waals surface area (Å²) in [7, 11) is 0. The Balaban J connectivity index is 0.00000158. The number of thiophene rings is 1. The zero-order valence-electron chi connectivity index (χ0n) is 19.4. The molecule has 34 heavy (non-hydrogen) atoms. The number of carbonyl (C=O) groups is 3. The first-order chi connectivity index (χ1) is 16.4. The number of carbonyl (C=O) groups excluding carboxylic acids is 3. The van der Waals surface area contributed by atoms with E-state index >= 15 is 0 Å². The van der Waals surface area contributed by atoms with Gasteiger partial charge in [-0.3, -0.25) is 14.4 Å². The van der Waals surface area contributed by atoms with Crippen LogP contribution in [0.1, 0.15) is 53.6 Å². The molecule has 1 saturated carbocycles. The number of nitrogens with zero attached hydrogens (tertiary/aromatic N) is 1. The Morgan fingerprint density at radius 3 is 2.56 bits per heavy atom. The fourth-order valence-electron chi connectivity index (χ4n) is 4.94. The summed E-state index contributed by atoms with van der Waals surface area (Å²) in [6.45, 7) is 2.15. The second-order valence-electron chi connectivity index (χ2n) is 8.67. The fourth-order valence-corrected chi connectivity index (χ4v) is 5.83. The number of allylic oxidation sites excluding steroid dienone is 2. The van der Waals surface area contributed by atoms with Gasteiger partial charge in [0, 0.05) is 35.3 Å². The lowest BCUT2D eigenvalue weighted by Gasteiger charge is -2.30. The van der Waals surface area contributed by atoms with Gasteiger partial charge in [0.2, 0.25) is 5.91 Å². The van der Waals surface area contributed by atoms with Gasteiger partial charge in [-0.1, -0.05) is 12.8 Å². The summed E-state index contributed by atoms with van der Waals surface area (Å²) in [5.41, 5.74) is 0.886. The molecule has 1 unspecified atom stereocenters. The number of amides is 2. The van der Waals surface area contributed by atoms with Crippen molar-refractivity contribution in [1.82, 2.24) is 10.2 Å². The first-order valence-corrected chi connectivity index (χ1v) is 13.0. The molecule has 0 radical (unpaired) electrons. The smallest absolute Gasteiger partial charge is 0.262 e. The fraction of sp³-hybridized carbons (Fsp3) is 0.542. The predicted octanol–water partition coefficient (Wildman–Crippen LogP) is 3.53. The van der Waals surface area contributed by atoms with E-state index in [-0.39, 0.29) is 36.2 Å². The number of nitrogens with one attached hydrogen (secondary N) is 3. The van der Waals surface area contributed by atoms with Crippen molar-refractivity contribution in [3.63, 3.8) is 0 Å². The zero-order chi connectivity index (χ0) is 24.8. The highest BCUT2D eigenvalue weighted by Crippen LogP contribution is 2.33. The van der Waals surface area contributed by atoms with Gasteiger partial charge in [-0.2, -0.15) is 0 Å². The Morgan fingerprint density at radius 1 is 1.24 bits per heavy atom. The standard InChI is InChI=1S/C23H28N4O4S.CH3Cl/c1-13(25)10-15(11-24)18-6-7-19(32-18)22(29)26-20(14-4-2-3-5-14)23(30)27-9-8-17-21(27)16(28)12-31-17;1-2/h6-7,10-11,14,17,20-21,24-25H,2-5,8-9,12H2,1H3,(H,26,29);1H3/b15-10+,24-11?,25-13?;/t17-,20?,21-;/m1./s1. The Kier molecular flexibility index (Phi) is 9.16. The van der Waals surface area contributed by atoms with E-state index < -0.39 is 12.1 Å². The lowest BCUT2D eigenvalue weighted by molar-refractivity contribution is -0.139. The van der Waals surface area contributed by atoms with Gasteiger partial charge in [0.1, 0.15) is 18.7 Å². The molecule has 0 spiro atoms. The Hall–Kier alpha value is -2.36. The van der Waals surface area contributed by atoms with Crippen LogP contribution in [0.3, 0.4) is 0 Å². The highest BCUT2D eigenvalue weighted by Gasteiger charge is 2.49. The van der Waals surface area contributed by atoms with E-state index in [1.165, 1.54) is 23.9 Å². The van der Waals surface area contributed by atoms with E-state index in [1.54, 1.807) is 30.0 Å². The van der Waals surface area contributed by atoms with E-state index in [2.05, 4.69) is 16.9 Å². The van der Waals surface area contributed by atoms with Gasteiger partial charge in [0.15, 0.2) is 5.78 Å². The Bertz CT molecular complexity index is 985. The van der Waals surface area contributed by atoms with E-state index in [4.69, 9.17) is 15.6 Å². The summed E-state index contributed by atoms with van der Waals surface area (Å²) in [6.07, 6.45) is 8.44. The van der Waals surface area contributed by atoms with Crippen molar-refractivity contribution in [2.45, 2.75) is 57.2 Å². The molecule has 0 aromatic carbocycles. The van der Waals surface area contributed by atoms with Gasteiger partial charge < -0.3 is 25.8 Å². The van der Waals surface area contributed by atoms with Gasteiger partial charge in [-0.05, 0) is 50.3 Å². The average molecular weight is 507 g/mol. The number of halogens is 1. The maximum absolute atomic E-state index is 13.5. The number of hydrogen-bond donors (Lipinski definition) is 3. The lowest BCUT2D eigenvalue weighted by atomic mass is 9.96. The molecule has 3 N–H and O–H groups in total. The third-order valence-corrected chi connectivity index (χ3v) is 7.59. The van der Waals surface area contributed by atoms with E-state index in [0.717, 1.165) is 30.6 Å². The molecule has 8 nitrogen and oxygen atoms in total. The third-order valence-electron chi connectivity index (χ3n) is 6.46. The molecular formula is C24H31ClN4O4S. The minimum absolute atomic E-state index is 0.0512. The van der Waals surface area contributed by atoms with Crippen molar-refractivity contribution in [3.05, 3.63) is 28.0 Å². The van der Waals surface area contributed by atoms with Crippen LogP contribution in [0.5, 0.6) is 0 Å². The zero-order valence-corrected chi connectivity index (χ0v) is 21.0. The van der Waals surface area contributed by atoms with Crippen LogP contribution >= 0.6 is 22.9 Å². The number of ketones is 1. The normalized spacial score (nSPS) is 23.2. The first-order valence-electron chi connectivity index (χ1n) is 11.4. The Labute approximate surface area is 208 Å². The monoisotopic (exact) mass is 506 g/mol. The second kappa shape index (κ2) is 11.9. The van der Waals surface area contributed by atoms with Gasteiger partial charge in [-0.15, -0.1) is 22.9 Å². The van der Waals surface area contributed by atoms with Crippen LogP contribution in [-0.4, -0.2) is 72.1 Å². The third kappa shape index (κ3) is 5.64. The SMILES string of the molecule is CC(=N)/C=C(\C=N)c1ccc(C(=O)NC(C(=O)N2CC[C@H]3OCC(=O)[C@H]32)C2CCCC2)s1.CCl. The van der Waals surface area contributed by atoms with Crippen molar-refractivity contribution in [1.29, 1.82) is 10.8 Å². The van der Waals surface area contributed by atoms with Crippen LogP contribution in [-0.2, 0) is 14.3 Å². The van der Waals surface area contributed by atoms with Crippen LogP contribution in [0, 0.1) is 16.7 Å². The van der Waals surface area contributed by atoms with E-state index in [0.29, 0.717) is 29.1 Å². The quantitative estimate of drug-likeness (QED) is 0.386. The molecule has 10 heteroatoms. The van der Waals surface area contributed by atoms with Gasteiger partial charge in [0.25, 0.3) is 5.91 Å². The predicted molar refractivity (Wildman–Crippen MR) is 134 cm³/mol. The molecule has 4 rings (SSSR count). The summed E-state index contributed by atoms with van der Waals surface area (Å²) in [5, 5.41) is 18.2. The topological polar surface area (TPSA) is 123 Å². The number of ether oxygens (including phenoxy) is 1. The summed E-state index contributed by atoms with van der Waals surface area (Å²) >= 11 is 5.87. The molecule has 1 aliphatic carbocycles. The lowest BCUT2D eigenvalue weighted by Crippen LogP contribution is -2.54. The number of alkyl halides is 1. The highest BCUT2D eigenvalue weighted by molar-refractivity contribution is 7.15. The maximum atomic E-state index is 13.5. The minimum atomic E-state index is -0.663. The molecular weight excluding hydrogens is 476 g/mol. The molecule has 3 heterocycles. The molecule has 0 bridgehead atoms. The second-order valence-corrected chi connectivity index (χ2v) is 9.75. The van der Waals surface area contributed by atoms with Crippen molar-refractivity contribution in [2.24, 2.45) is 5.92 Å². The maximum Gasteiger partial charge on any atom is 0.262 e. The van der Waals surface area contributed by atoms with Crippen molar-refractivity contribution >= 4 is 58.0 Å². The van der Waals surface area contributed by atoms with Crippen LogP contribution in [0.4, 0.5) is 0 Å². The van der Waals surface area contributed by atoms with E-state index in [9.17, 15) is 14.4 Å². The van der Waals surface area contributed by atoms with E-state index in [1.807, 2.05) is 0 Å². The number of Topliss-reactive ketones (excluding diaryl/α,β-unsaturated/α-hetero) is 1. The molecule has 184 valence electrons. The number of likely N-dealkylation sites (tertiary alicyclic amines) is 1. The molecule has 3 atom stereocenters. The number of fused-ring (bicyclic) bond motifs is 1. The van der Waals surface area contributed by atoms with Crippen LogP contribution in [0.15, 0.2) is 18.2 Å².